The second-order valence-corrected chi connectivity index (χ2v) is 5.68. The first-order valence-electron chi connectivity index (χ1n) is 7.44. The Labute approximate surface area is 112 Å². The molecule has 18 heavy (non-hydrogen) atoms. The molecule has 1 N–H and O–H groups in total. The first-order chi connectivity index (χ1) is 8.60. The fraction of sp³-hybridized carbons (Fsp3) is 0.933. The molecule has 0 radical (unpaired) electrons. The van der Waals surface area contributed by atoms with Crippen LogP contribution in [-0.2, 0) is 9.53 Å². The predicted octanol–water partition coefficient (Wildman–Crippen LogP) is 3.13. The summed E-state index contributed by atoms with van der Waals surface area (Å²) in [5.74, 6) is 0.595. The maximum Gasteiger partial charge on any atom is 0.309 e. The minimum atomic E-state index is -0.117. The van der Waals surface area contributed by atoms with Gasteiger partial charge in [0.1, 0.15) is 0 Å². The number of carbonyl (C=O) groups excluding carboxylic acids is 1. The van der Waals surface area contributed by atoms with E-state index in [4.69, 9.17) is 4.74 Å². The summed E-state index contributed by atoms with van der Waals surface area (Å²) in [7, 11) is 1.46. The molecule has 1 aliphatic rings. The molecule has 0 saturated heterocycles. The molecule has 0 aromatic rings. The van der Waals surface area contributed by atoms with Crippen molar-refractivity contribution in [3.63, 3.8) is 0 Å². The topological polar surface area (TPSA) is 38.3 Å². The van der Waals surface area contributed by atoms with Crippen LogP contribution in [0.2, 0.25) is 0 Å². The third-order valence-electron chi connectivity index (χ3n) is 4.46. The van der Waals surface area contributed by atoms with Gasteiger partial charge in [0.25, 0.3) is 0 Å². The molecule has 0 bridgehead atoms. The van der Waals surface area contributed by atoms with Crippen molar-refractivity contribution in [2.24, 2.45) is 11.8 Å². The van der Waals surface area contributed by atoms with E-state index >= 15 is 0 Å². The van der Waals surface area contributed by atoms with Crippen molar-refractivity contribution < 1.29 is 9.53 Å². The Bertz CT molecular complexity index is 249. The average Bonchev–Trinajstić information content (AvgIpc) is 2.43. The van der Waals surface area contributed by atoms with Crippen LogP contribution in [0.5, 0.6) is 0 Å². The molecule has 0 aromatic carbocycles. The molecule has 0 aromatic heterocycles. The number of methoxy groups -OCH3 is 1. The van der Waals surface area contributed by atoms with E-state index in [1.54, 1.807) is 0 Å². The Morgan fingerprint density at radius 3 is 2.39 bits per heavy atom. The number of carbonyl (C=O) groups is 1. The van der Waals surface area contributed by atoms with Gasteiger partial charge < -0.3 is 10.1 Å². The minimum Gasteiger partial charge on any atom is -0.469 e. The zero-order valence-electron chi connectivity index (χ0n) is 12.4. The minimum absolute atomic E-state index is 0.0763. The first-order valence-corrected chi connectivity index (χ1v) is 7.44. The molecule has 3 heteroatoms. The maximum absolute atomic E-state index is 11.5. The molecule has 0 spiro atoms. The molecule has 1 rings (SSSR count). The van der Waals surface area contributed by atoms with Gasteiger partial charge in [-0.2, -0.15) is 0 Å². The van der Waals surface area contributed by atoms with Crippen molar-refractivity contribution >= 4 is 5.97 Å². The van der Waals surface area contributed by atoms with Crippen LogP contribution in [0.25, 0.3) is 0 Å². The van der Waals surface area contributed by atoms with Gasteiger partial charge in [0.2, 0.25) is 0 Å². The van der Waals surface area contributed by atoms with Crippen LogP contribution < -0.4 is 5.32 Å². The van der Waals surface area contributed by atoms with Gasteiger partial charge in [-0.1, -0.05) is 33.1 Å². The Kier molecular flexibility index (Phi) is 6.69. The van der Waals surface area contributed by atoms with E-state index in [9.17, 15) is 4.79 Å². The zero-order chi connectivity index (χ0) is 13.5. The van der Waals surface area contributed by atoms with Gasteiger partial charge in [-0.15, -0.1) is 0 Å². The van der Waals surface area contributed by atoms with Crippen molar-refractivity contribution in [1.82, 2.24) is 5.32 Å². The van der Waals surface area contributed by atoms with Gasteiger partial charge in [0.15, 0.2) is 0 Å². The van der Waals surface area contributed by atoms with E-state index in [1.165, 1.54) is 39.2 Å². The molecule has 106 valence electrons. The van der Waals surface area contributed by atoms with Crippen LogP contribution in [0.3, 0.4) is 0 Å². The lowest BCUT2D eigenvalue weighted by Crippen LogP contribution is -2.46. The fourth-order valence-corrected chi connectivity index (χ4v) is 3.00. The third kappa shape index (κ3) is 4.27. The van der Waals surface area contributed by atoms with Crippen LogP contribution in [-0.4, -0.2) is 25.2 Å². The Morgan fingerprint density at radius 1 is 1.28 bits per heavy atom. The van der Waals surface area contributed by atoms with E-state index in [2.05, 4.69) is 19.2 Å². The molecular formula is C15H29NO2. The molecule has 0 aliphatic heterocycles. The number of esters is 1. The fourth-order valence-electron chi connectivity index (χ4n) is 3.00. The monoisotopic (exact) mass is 255 g/mol. The summed E-state index contributed by atoms with van der Waals surface area (Å²) in [6.45, 7) is 6.27. The van der Waals surface area contributed by atoms with Crippen LogP contribution >= 0.6 is 0 Å². The van der Waals surface area contributed by atoms with Gasteiger partial charge in [-0.3, -0.25) is 4.79 Å². The second-order valence-electron chi connectivity index (χ2n) is 5.68. The van der Waals surface area contributed by atoms with E-state index in [-0.39, 0.29) is 17.9 Å². The number of nitrogens with one attached hydrogen (secondary N) is 1. The van der Waals surface area contributed by atoms with E-state index in [0.717, 1.165) is 12.3 Å². The lowest BCUT2D eigenvalue weighted by atomic mass is 9.82. The van der Waals surface area contributed by atoms with Crippen LogP contribution in [0.1, 0.15) is 59.3 Å². The highest BCUT2D eigenvalue weighted by atomic mass is 16.5. The van der Waals surface area contributed by atoms with E-state index in [0.29, 0.717) is 6.04 Å². The van der Waals surface area contributed by atoms with Crippen molar-refractivity contribution in [3.8, 4) is 0 Å². The highest BCUT2D eigenvalue weighted by Gasteiger charge is 2.27. The molecule has 3 unspecified atom stereocenters. The van der Waals surface area contributed by atoms with Crippen LogP contribution in [0, 0.1) is 11.8 Å². The van der Waals surface area contributed by atoms with Crippen LogP contribution in [0.4, 0.5) is 0 Å². The SMILES string of the molecule is CCC(NC(C)C(C)C(=O)OC)C1CCCCC1. The van der Waals surface area contributed by atoms with Crippen LogP contribution in [0.15, 0.2) is 0 Å². The predicted molar refractivity (Wildman–Crippen MR) is 74.4 cm³/mol. The summed E-state index contributed by atoms with van der Waals surface area (Å²) in [6.07, 6.45) is 7.94. The summed E-state index contributed by atoms with van der Waals surface area (Å²) in [4.78, 5) is 11.5. The molecule has 1 fully saturated rings. The second kappa shape index (κ2) is 7.78. The Hall–Kier alpha value is -0.570. The summed E-state index contributed by atoms with van der Waals surface area (Å²) < 4.78 is 4.81. The third-order valence-corrected chi connectivity index (χ3v) is 4.46. The Balaban J connectivity index is 2.48. The zero-order valence-corrected chi connectivity index (χ0v) is 12.4. The highest BCUT2D eigenvalue weighted by Crippen LogP contribution is 2.28. The number of hydrogen-bond donors (Lipinski definition) is 1. The lowest BCUT2D eigenvalue weighted by Gasteiger charge is -2.33. The number of hydrogen-bond acceptors (Lipinski definition) is 3. The molecule has 3 nitrogen and oxygen atoms in total. The first kappa shape index (κ1) is 15.5. The van der Waals surface area contributed by atoms with Gasteiger partial charge in [0, 0.05) is 12.1 Å². The van der Waals surface area contributed by atoms with Crippen molar-refractivity contribution in [2.45, 2.75) is 71.4 Å². The summed E-state index contributed by atoms with van der Waals surface area (Å²) in [5.41, 5.74) is 0. The molecule has 0 heterocycles. The lowest BCUT2D eigenvalue weighted by molar-refractivity contribution is -0.145. The Morgan fingerprint density at radius 2 is 1.89 bits per heavy atom. The van der Waals surface area contributed by atoms with E-state index < -0.39 is 0 Å². The van der Waals surface area contributed by atoms with Gasteiger partial charge in [-0.05, 0) is 32.1 Å². The summed E-state index contributed by atoms with van der Waals surface area (Å²) in [6, 6.07) is 0.733. The van der Waals surface area contributed by atoms with Gasteiger partial charge >= 0.3 is 5.97 Å². The standard InChI is InChI=1S/C15H29NO2/c1-5-14(13-9-7-6-8-10-13)16-12(3)11(2)15(17)18-4/h11-14,16H,5-10H2,1-4H3. The quantitative estimate of drug-likeness (QED) is 0.741. The molecule has 0 amide bonds. The molecule has 1 saturated carbocycles. The van der Waals surface area contributed by atoms with Crippen molar-refractivity contribution in [2.75, 3.05) is 7.11 Å². The number of rotatable bonds is 6. The van der Waals surface area contributed by atoms with Crippen molar-refractivity contribution in [3.05, 3.63) is 0 Å². The molecular weight excluding hydrogens is 226 g/mol. The highest BCUT2D eigenvalue weighted by molar-refractivity contribution is 5.72. The normalized spacial score (nSPS) is 22.2. The van der Waals surface area contributed by atoms with Gasteiger partial charge in [-0.25, -0.2) is 0 Å². The number of ether oxygens (including phenoxy) is 1. The molecule has 3 atom stereocenters. The largest absolute Gasteiger partial charge is 0.469 e. The maximum atomic E-state index is 11.5. The molecule has 1 aliphatic carbocycles. The summed E-state index contributed by atoms with van der Waals surface area (Å²) in [5, 5.41) is 3.65. The summed E-state index contributed by atoms with van der Waals surface area (Å²) >= 11 is 0. The van der Waals surface area contributed by atoms with Gasteiger partial charge in [0.05, 0.1) is 13.0 Å². The van der Waals surface area contributed by atoms with Crippen molar-refractivity contribution in [1.29, 1.82) is 0 Å². The smallest absolute Gasteiger partial charge is 0.309 e. The van der Waals surface area contributed by atoms with E-state index in [1.807, 2.05) is 6.92 Å². The average molecular weight is 255 g/mol.